The lowest BCUT2D eigenvalue weighted by atomic mass is 9.92. The second-order valence-corrected chi connectivity index (χ2v) is 12.7. The van der Waals surface area contributed by atoms with Crippen LogP contribution in [0.25, 0.3) is 22.4 Å². The molecule has 47 heavy (non-hydrogen) atoms. The van der Waals surface area contributed by atoms with Crippen molar-refractivity contribution < 1.29 is 57.4 Å². The van der Waals surface area contributed by atoms with Crippen LogP contribution in [0.2, 0.25) is 0 Å². The highest BCUT2D eigenvalue weighted by Gasteiger charge is 2.62. The summed E-state index contributed by atoms with van der Waals surface area (Å²) in [7, 11) is 0. The summed E-state index contributed by atoms with van der Waals surface area (Å²) in [6.45, 7) is 3.55. The zero-order valence-corrected chi connectivity index (χ0v) is 24.5. The molecule has 1 aliphatic carbocycles. The molecule has 248 valence electrons. The molecule has 2 aliphatic heterocycles. The standard InChI is InChI=1S/C31H18F12N2OS/c1-12-3-4-13-8-16-17(9-14(13)7-12)26(44-45-24(16)25-15(5-6-47-25)19-11-27(19,45)2)46-20-10-18(28(32,33)34)21(29(35,36)37)23(31(41,42)43)22(20)30(38,39)40/h3-10,19,44H,11H2,1-2H3. The minimum atomic E-state index is -6.52. The van der Waals surface area contributed by atoms with Crippen LogP contribution in [-0.2, 0) is 24.7 Å². The molecule has 16 heteroatoms. The number of alkyl halides is 12. The minimum Gasteiger partial charge on any atom is -0.438 e. The maximum Gasteiger partial charge on any atom is 0.420 e. The largest absolute Gasteiger partial charge is 0.438 e. The van der Waals surface area contributed by atoms with Gasteiger partial charge in [0.25, 0.3) is 0 Å². The van der Waals surface area contributed by atoms with Crippen molar-refractivity contribution in [3.63, 3.8) is 0 Å². The first-order valence-corrected chi connectivity index (χ1v) is 14.6. The molecule has 0 bridgehead atoms. The average molecular weight is 695 g/mol. The molecule has 7 rings (SSSR count). The number of hydrogen-bond donors (Lipinski definition) is 1. The molecule has 1 saturated carbocycles. The summed E-state index contributed by atoms with van der Waals surface area (Å²) in [6.07, 6.45) is -24.8. The number of fused-ring (bicyclic) bond motifs is 8. The summed E-state index contributed by atoms with van der Waals surface area (Å²) in [6, 6.07) is 9.63. The van der Waals surface area contributed by atoms with Crippen molar-refractivity contribution >= 4 is 33.7 Å². The zero-order valence-electron chi connectivity index (χ0n) is 23.7. The number of aryl methyl sites for hydroxylation is 1. The van der Waals surface area contributed by atoms with Gasteiger partial charge in [0.05, 0.1) is 32.8 Å². The lowest BCUT2D eigenvalue weighted by Crippen LogP contribution is -2.56. The lowest BCUT2D eigenvalue weighted by molar-refractivity contribution is -0.183. The third-order valence-corrected chi connectivity index (χ3v) is 9.67. The van der Waals surface area contributed by atoms with Crippen molar-refractivity contribution in [3.05, 3.63) is 96.5 Å². The Kier molecular flexibility index (Phi) is 6.38. The number of nitrogens with zero attached hydrogens (tertiary/aromatic N) is 1. The van der Waals surface area contributed by atoms with E-state index in [1.807, 2.05) is 11.4 Å². The van der Waals surface area contributed by atoms with Crippen LogP contribution in [0.15, 0.2) is 47.8 Å². The average Bonchev–Trinajstić information content (AvgIpc) is 3.40. The Hall–Kier alpha value is -4.08. The molecule has 1 aromatic heterocycles. The van der Waals surface area contributed by atoms with Crippen molar-refractivity contribution in [3.8, 4) is 5.75 Å². The van der Waals surface area contributed by atoms with Crippen molar-refractivity contribution in [2.75, 3.05) is 0 Å². The summed E-state index contributed by atoms with van der Waals surface area (Å²) in [5.41, 5.74) is -8.69. The van der Waals surface area contributed by atoms with Gasteiger partial charge in [0.2, 0.25) is 5.88 Å². The summed E-state index contributed by atoms with van der Waals surface area (Å²) >= 11 is 1.36. The van der Waals surface area contributed by atoms with Gasteiger partial charge in [-0.25, -0.2) is 0 Å². The fraction of sp³-hybridized carbons (Fsp3) is 0.290. The van der Waals surface area contributed by atoms with Crippen LogP contribution < -0.4 is 20.6 Å². The maximum absolute atomic E-state index is 14.4. The molecule has 3 heterocycles. The van der Waals surface area contributed by atoms with Gasteiger partial charge in [-0.1, -0.05) is 23.8 Å². The molecule has 0 radical (unpaired) electrons. The maximum atomic E-state index is 14.4. The van der Waals surface area contributed by atoms with Crippen LogP contribution in [0.5, 0.6) is 5.75 Å². The van der Waals surface area contributed by atoms with Gasteiger partial charge in [-0.2, -0.15) is 52.7 Å². The van der Waals surface area contributed by atoms with E-state index in [1.165, 1.54) is 17.4 Å². The fourth-order valence-corrected chi connectivity index (χ4v) is 7.60. The first kappa shape index (κ1) is 31.5. The Morgan fingerprint density at radius 1 is 0.766 bits per heavy atom. The van der Waals surface area contributed by atoms with E-state index in [0.717, 1.165) is 16.0 Å². The Morgan fingerprint density at radius 2 is 1.40 bits per heavy atom. The van der Waals surface area contributed by atoms with Crippen LogP contribution in [0, 0.1) is 6.92 Å². The van der Waals surface area contributed by atoms with E-state index in [1.54, 1.807) is 43.1 Å². The third-order valence-electron chi connectivity index (χ3n) is 8.73. The van der Waals surface area contributed by atoms with Crippen LogP contribution in [0.1, 0.15) is 57.5 Å². The Bertz CT molecular complexity index is 2120. The van der Waals surface area contributed by atoms with E-state index >= 15 is 0 Å². The Labute approximate surface area is 260 Å². The summed E-state index contributed by atoms with van der Waals surface area (Å²) in [5.74, 6) is -2.86. The van der Waals surface area contributed by atoms with E-state index in [-0.39, 0.29) is 11.1 Å². The van der Waals surface area contributed by atoms with Crippen LogP contribution >= 0.6 is 11.3 Å². The molecule has 3 aromatic carbocycles. The topological polar surface area (TPSA) is 24.5 Å². The Morgan fingerprint density at radius 3 is 2.02 bits per heavy atom. The third kappa shape index (κ3) is 4.80. The molecule has 2 atom stereocenters. The molecule has 0 saturated heterocycles. The second kappa shape index (κ2) is 9.51. The van der Waals surface area contributed by atoms with E-state index < -0.39 is 70.2 Å². The molecule has 3 aliphatic rings. The highest BCUT2D eigenvalue weighted by molar-refractivity contribution is 7.11. The zero-order chi connectivity index (χ0) is 34.2. The second-order valence-electron chi connectivity index (χ2n) is 11.8. The molecule has 0 amide bonds. The van der Waals surface area contributed by atoms with Gasteiger partial charge in [0.1, 0.15) is 11.3 Å². The molecule has 1 N–H and O–H groups in total. The fourth-order valence-electron chi connectivity index (χ4n) is 6.59. The first-order valence-electron chi connectivity index (χ1n) is 13.7. The van der Waals surface area contributed by atoms with Crippen LogP contribution in [-0.4, -0.2) is 10.5 Å². The van der Waals surface area contributed by atoms with E-state index in [2.05, 4.69) is 5.43 Å². The van der Waals surface area contributed by atoms with Gasteiger partial charge in [0, 0.05) is 16.4 Å². The van der Waals surface area contributed by atoms with Gasteiger partial charge in [-0.05, 0) is 66.2 Å². The molecule has 4 aromatic rings. The molecule has 2 unspecified atom stereocenters. The van der Waals surface area contributed by atoms with Crippen molar-refractivity contribution in [1.29, 1.82) is 0 Å². The Balaban J connectivity index is 1.60. The van der Waals surface area contributed by atoms with E-state index in [4.69, 9.17) is 4.74 Å². The van der Waals surface area contributed by atoms with Gasteiger partial charge >= 0.3 is 24.7 Å². The highest BCUT2D eigenvalue weighted by Crippen LogP contribution is 2.62. The first-order chi connectivity index (χ1) is 21.6. The summed E-state index contributed by atoms with van der Waals surface area (Å²) < 4.78 is 174. The number of hydrogen-bond acceptors (Lipinski definition) is 4. The summed E-state index contributed by atoms with van der Waals surface area (Å²) in [5, 5.41) is 4.89. The molecule has 1 fully saturated rings. The molecular formula is C31H18F12N2OS. The van der Waals surface area contributed by atoms with Gasteiger partial charge in [-0.15, -0.1) is 11.3 Å². The minimum absolute atomic E-state index is 0.0217. The molecule has 3 nitrogen and oxygen atoms in total. The van der Waals surface area contributed by atoms with Crippen LogP contribution in [0.3, 0.4) is 0 Å². The predicted octanol–water partition coefficient (Wildman–Crippen LogP) is 8.67. The summed E-state index contributed by atoms with van der Waals surface area (Å²) in [4.78, 5) is 0.786. The number of nitrogens with one attached hydrogen (secondary N) is 1. The smallest absolute Gasteiger partial charge is 0.420 e. The number of thiophene rings is 1. The number of halogens is 12. The lowest BCUT2D eigenvalue weighted by Gasteiger charge is -2.41. The normalized spacial score (nSPS) is 20.8. The van der Waals surface area contributed by atoms with Crippen molar-refractivity contribution in [2.24, 2.45) is 0 Å². The van der Waals surface area contributed by atoms with Crippen molar-refractivity contribution in [1.82, 2.24) is 10.4 Å². The molecule has 0 spiro atoms. The number of ether oxygens (including phenoxy) is 1. The predicted molar refractivity (Wildman–Crippen MR) is 146 cm³/mol. The van der Waals surface area contributed by atoms with E-state index in [9.17, 15) is 52.7 Å². The highest BCUT2D eigenvalue weighted by atomic mass is 32.1. The van der Waals surface area contributed by atoms with E-state index in [0.29, 0.717) is 28.1 Å². The molecular weight excluding hydrogens is 676 g/mol. The quantitative estimate of drug-likeness (QED) is 0.213. The van der Waals surface area contributed by atoms with Crippen molar-refractivity contribution in [2.45, 2.75) is 56.4 Å². The number of hydrazine groups is 1. The number of rotatable bonds is 2. The van der Waals surface area contributed by atoms with Gasteiger partial charge in [-0.3, -0.25) is 10.4 Å². The SMILES string of the molecule is Cc1ccc2cc3c(cc2c1)=C(Oc1cc(C(F)(F)F)c(C(F)(F)F)c(C(F)(F)F)c1C(F)(F)F)NN1C=3c2sccc2C2CC21C. The van der Waals surface area contributed by atoms with Crippen LogP contribution in [0.4, 0.5) is 52.7 Å². The number of benzene rings is 3. The van der Waals surface area contributed by atoms with Gasteiger partial charge in [0.15, 0.2) is 0 Å². The van der Waals surface area contributed by atoms with Gasteiger partial charge < -0.3 is 4.74 Å². The monoisotopic (exact) mass is 694 g/mol.